The van der Waals surface area contributed by atoms with E-state index < -0.39 is 5.82 Å². The topological polar surface area (TPSA) is 40.6 Å². The minimum absolute atomic E-state index is 0.0152. The molecule has 120 valence electrons. The quantitative estimate of drug-likeness (QED) is 0.781. The van der Waals surface area contributed by atoms with Gasteiger partial charge >= 0.3 is 0 Å². The van der Waals surface area contributed by atoms with E-state index in [-0.39, 0.29) is 11.8 Å². The van der Waals surface area contributed by atoms with E-state index in [1.807, 2.05) is 6.07 Å². The van der Waals surface area contributed by atoms with Gasteiger partial charge in [0.25, 0.3) is 11.8 Å². The number of benzene rings is 1. The van der Waals surface area contributed by atoms with Crippen LogP contribution in [0, 0.1) is 5.82 Å². The second kappa shape index (κ2) is 6.80. The third-order valence-electron chi connectivity index (χ3n) is 3.71. The Morgan fingerprint density at radius 3 is 2.22 bits per heavy atom. The van der Waals surface area contributed by atoms with E-state index >= 15 is 0 Å². The lowest BCUT2D eigenvalue weighted by atomic mass is 10.1. The molecular weight excluding hydrogens is 383 g/mol. The number of hydrogen-bond acceptors (Lipinski definition) is 3. The number of amides is 2. The molecule has 2 aromatic rings. The van der Waals surface area contributed by atoms with E-state index in [1.54, 1.807) is 21.9 Å². The summed E-state index contributed by atoms with van der Waals surface area (Å²) in [6, 6.07) is 9.32. The lowest BCUT2D eigenvalue weighted by Gasteiger charge is -2.34. The van der Waals surface area contributed by atoms with Crippen molar-refractivity contribution in [3.8, 4) is 0 Å². The van der Waals surface area contributed by atoms with Crippen LogP contribution in [0.3, 0.4) is 0 Å². The Morgan fingerprint density at radius 1 is 1.00 bits per heavy atom. The zero-order chi connectivity index (χ0) is 16.4. The standard InChI is InChI=1S/C16H14BrFN2O2S/c17-14-5-4-13(23-14)16(22)20-8-6-19(7-9-20)15(21)11-2-1-3-12(18)10-11/h1-5,10H,6-9H2. The van der Waals surface area contributed by atoms with Crippen LogP contribution in [0.1, 0.15) is 20.0 Å². The highest BCUT2D eigenvalue weighted by molar-refractivity contribution is 9.11. The monoisotopic (exact) mass is 396 g/mol. The highest BCUT2D eigenvalue weighted by Crippen LogP contribution is 2.24. The van der Waals surface area contributed by atoms with Gasteiger partial charge in [-0.15, -0.1) is 11.3 Å². The van der Waals surface area contributed by atoms with Gasteiger partial charge in [0.1, 0.15) is 5.82 Å². The molecule has 0 aliphatic carbocycles. The van der Waals surface area contributed by atoms with Crippen molar-refractivity contribution in [1.82, 2.24) is 9.80 Å². The Hall–Kier alpha value is -1.73. The second-order valence-corrected chi connectivity index (χ2v) is 7.66. The van der Waals surface area contributed by atoms with Crippen LogP contribution in [0.4, 0.5) is 4.39 Å². The minimum Gasteiger partial charge on any atom is -0.335 e. The molecule has 1 aromatic heterocycles. The highest BCUT2D eigenvalue weighted by Gasteiger charge is 2.26. The van der Waals surface area contributed by atoms with E-state index in [0.717, 1.165) is 3.79 Å². The van der Waals surface area contributed by atoms with Gasteiger partial charge in [0, 0.05) is 31.7 Å². The number of piperazine rings is 1. The van der Waals surface area contributed by atoms with Crippen LogP contribution in [-0.4, -0.2) is 47.8 Å². The van der Waals surface area contributed by atoms with Crippen LogP contribution in [0.5, 0.6) is 0 Å². The summed E-state index contributed by atoms with van der Waals surface area (Å²) in [5.41, 5.74) is 0.340. The van der Waals surface area contributed by atoms with Crippen molar-refractivity contribution in [1.29, 1.82) is 0 Å². The third-order valence-corrected chi connectivity index (χ3v) is 5.32. The number of thiophene rings is 1. The van der Waals surface area contributed by atoms with E-state index in [9.17, 15) is 14.0 Å². The first-order valence-corrected chi connectivity index (χ1v) is 8.75. The first kappa shape index (κ1) is 16.1. The maximum absolute atomic E-state index is 13.2. The van der Waals surface area contributed by atoms with Gasteiger partial charge in [-0.25, -0.2) is 4.39 Å². The molecule has 0 radical (unpaired) electrons. The summed E-state index contributed by atoms with van der Waals surface area (Å²) < 4.78 is 14.1. The largest absolute Gasteiger partial charge is 0.335 e. The molecule has 0 N–H and O–H groups in total. The normalized spacial score (nSPS) is 14.9. The van der Waals surface area contributed by atoms with Crippen molar-refractivity contribution in [2.24, 2.45) is 0 Å². The summed E-state index contributed by atoms with van der Waals surface area (Å²) >= 11 is 4.75. The Bertz CT molecular complexity index is 741. The SMILES string of the molecule is O=C(c1cccc(F)c1)N1CCN(C(=O)c2ccc(Br)s2)CC1. The number of halogens is 2. The number of carbonyl (C=O) groups is 2. The Labute approximate surface area is 145 Å². The molecule has 2 amide bonds. The number of carbonyl (C=O) groups excluding carboxylic acids is 2. The highest BCUT2D eigenvalue weighted by atomic mass is 79.9. The summed E-state index contributed by atoms with van der Waals surface area (Å²) in [4.78, 5) is 28.8. The minimum atomic E-state index is -0.423. The lowest BCUT2D eigenvalue weighted by molar-refractivity contribution is 0.0538. The van der Waals surface area contributed by atoms with Gasteiger partial charge in [0.15, 0.2) is 0 Å². The van der Waals surface area contributed by atoms with Crippen molar-refractivity contribution in [2.45, 2.75) is 0 Å². The molecule has 1 aromatic carbocycles. The number of hydrogen-bond donors (Lipinski definition) is 0. The van der Waals surface area contributed by atoms with Gasteiger partial charge in [-0.1, -0.05) is 6.07 Å². The molecule has 23 heavy (non-hydrogen) atoms. The smallest absolute Gasteiger partial charge is 0.264 e. The fraction of sp³-hybridized carbons (Fsp3) is 0.250. The van der Waals surface area contributed by atoms with Crippen LogP contribution in [0.2, 0.25) is 0 Å². The first-order chi connectivity index (χ1) is 11.0. The molecule has 1 aliphatic rings. The Kier molecular flexibility index (Phi) is 4.77. The van der Waals surface area contributed by atoms with Gasteiger partial charge in [0.2, 0.25) is 0 Å². The van der Waals surface area contributed by atoms with E-state index in [0.29, 0.717) is 36.6 Å². The molecule has 4 nitrogen and oxygen atoms in total. The Balaban J connectivity index is 1.62. The molecule has 0 spiro atoms. The second-order valence-electron chi connectivity index (χ2n) is 5.20. The van der Waals surface area contributed by atoms with Crippen molar-refractivity contribution in [2.75, 3.05) is 26.2 Å². The molecule has 0 bridgehead atoms. The summed E-state index contributed by atoms with van der Waals surface area (Å²) in [6.07, 6.45) is 0. The van der Waals surface area contributed by atoms with Crippen LogP contribution in [0.15, 0.2) is 40.2 Å². The maximum atomic E-state index is 13.2. The fourth-order valence-electron chi connectivity index (χ4n) is 2.50. The number of rotatable bonds is 2. The van der Waals surface area contributed by atoms with E-state index in [1.165, 1.54) is 29.5 Å². The first-order valence-electron chi connectivity index (χ1n) is 7.14. The van der Waals surface area contributed by atoms with Crippen molar-refractivity contribution < 1.29 is 14.0 Å². The van der Waals surface area contributed by atoms with Crippen molar-refractivity contribution >= 4 is 39.1 Å². The summed E-state index contributed by atoms with van der Waals surface area (Å²) in [5, 5.41) is 0. The van der Waals surface area contributed by atoms with E-state index in [2.05, 4.69) is 15.9 Å². The zero-order valence-electron chi connectivity index (χ0n) is 12.2. The third kappa shape index (κ3) is 3.61. The summed E-state index contributed by atoms with van der Waals surface area (Å²) in [5.74, 6) is -0.637. The van der Waals surface area contributed by atoms with Crippen molar-refractivity contribution in [3.05, 3.63) is 56.4 Å². The Morgan fingerprint density at radius 2 is 1.65 bits per heavy atom. The molecule has 2 heterocycles. The molecule has 0 atom stereocenters. The van der Waals surface area contributed by atoms with Gasteiger partial charge in [-0.3, -0.25) is 9.59 Å². The molecule has 1 saturated heterocycles. The van der Waals surface area contributed by atoms with E-state index in [4.69, 9.17) is 0 Å². The number of nitrogens with zero attached hydrogens (tertiary/aromatic N) is 2. The van der Waals surface area contributed by atoms with Gasteiger partial charge in [-0.2, -0.15) is 0 Å². The van der Waals surface area contributed by atoms with Crippen LogP contribution < -0.4 is 0 Å². The molecule has 3 rings (SSSR count). The molecular formula is C16H14BrFN2O2S. The molecule has 7 heteroatoms. The average Bonchev–Trinajstić information content (AvgIpc) is 3.00. The molecule has 0 unspecified atom stereocenters. The van der Waals surface area contributed by atoms with Gasteiger partial charge in [0.05, 0.1) is 8.66 Å². The lowest BCUT2D eigenvalue weighted by Crippen LogP contribution is -2.50. The fourth-order valence-corrected chi connectivity index (χ4v) is 3.86. The summed E-state index contributed by atoms with van der Waals surface area (Å²) in [6.45, 7) is 1.87. The molecule has 1 fully saturated rings. The predicted molar refractivity (Wildman–Crippen MR) is 90.2 cm³/mol. The van der Waals surface area contributed by atoms with Gasteiger partial charge < -0.3 is 9.80 Å². The van der Waals surface area contributed by atoms with Crippen LogP contribution in [-0.2, 0) is 0 Å². The van der Waals surface area contributed by atoms with Crippen LogP contribution in [0.25, 0.3) is 0 Å². The van der Waals surface area contributed by atoms with Crippen molar-refractivity contribution in [3.63, 3.8) is 0 Å². The zero-order valence-corrected chi connectivity index (χ0v) is 14.6. The molecule has 0 saturated carbocycles. The predicted octanol–water partition coefficient (Wildman–Crippen LogP) is 3.25. The van der Waals surface area contributed by atoms with Crippen LogP contribution >= 0.6 is 27.3 Å². The van der Waals surface area contributed by atoms with Gasteiger partial charge in [-0.05, 0) is 46.3 Å². The summed E-state index contributed by atoms with van der Waals surface area (Å²) in [7, 11) is 0. The molecule has 1 aliphatic heterocycles. The average molecular weight is 397 g/mol. The maximum Gasteiger partial charge on any atom is 0.264 e.